The van der Waals surface area contributed by atoms with E-state index < -0.39 is 16.3 Å². The lowest BCUT2D eigenvalue weighted by Crippen LogP contribution is -2.45. The number of ether oxygens (including phenoxy) is 1. The highest BCUT2D eigenvalue weighted by molar-refractivity contribution is 7.91. The molecule has 1 aliphatic rings. The van der Waals surface area contributed by atoms with Crippen molar-refractivity contribution in [2.45, 2.75) is 12.8 Å². The van der Waals surface area contributed by atoms with Crippen molar-refractivity contribution < 1.29 is 17.9 Å². The molecule has 19 heavy (non-hydrogen) atoms. The maximum atomic E-state index is 12.1. The first kappa shape index (κ1) is 13.5. The Hall–Kier alpha value is -1.96. The number of amides is 1. The van der Waals surface area contributed by atoms with Crippen molar-refractivity contribution in [3.05, 3.63) is 23.8 Å². The second-order valence-electron chi connectivity index (χ2n) is 4.12. The Morgan fingerprint density at radius 1 is 1.47 bits per heavy atom. The van der Waals surface area contributed by atoms with Crippen LogP contribution in [-0.2, 0) is 21.4 Å². The molecule has 0 saturated carbocycles. The molecule has 104 valence electrons. The fraction of sp³-hybridized carbons (Fsp3) is 0.364. The van der Waals surface area contributed by atoms with Crippen LogP contribution < -0.4 is 14.8 Å². The number of hydrogen-bond donors (Lipinski definition) is 2. The van der Waals surface area contributed by atoms with Gasteiger partial charge in [0.05, 0.1) is 12.8 Å². The van der Waals surface area contributed by atoms with E-state index in [2.05, 4.69) is 4.74 Å². The van der Waals surface area contributed by atoms with E-state index in [1.165, 1.54) is 0 Å². The molecule has 1 aromatic carbocycles. The predicted octanol–water partition coefficient (Wildman–Crippen LogP) is 0.622. The number of nitrogens with two attached hydrogens (primary N) is 1. The second kappa shape index (κ2) is 4.96. The summed E-state index contributed by atoms with van der Waals surface area (Å²) in [5.74, 6) is 0. The van der Waals surface area contributed by atoms with Crippen molar-refractivity contribution >= 4 is 27.7 Å². The summed E-state index contributed by atoms with van der Waals surface area (Å²) in [6, 6.07) is 5.07. The molecule has 2 rings (SSSR count). The van der Waals surface area contributed by atoms with E-state index in [-0.39, 0.29) is 0 Å². The zero-order valence-electron chi connectivity index (χ0n) is 10.4. The van der Waals surface area contributed by atoms with Crippen molar-refractivity contribution in [1.82, 2.24) is 4.72 Å². The Kier molecular flexibility index (Phi) is 3.52. The molecule has 0 radical (unpaired) electrons. The molecule has 0 atom stereocenters. The lowest BCUT2D eigenvalue weighted by atomic mass is 10.0. The number of nitrogens with zero attached hydrogens (tertiary/aromatic N) is 1. The number of benzene rings is 1. The Morgan fingerprint density at radius 3 is 2.89 bits per heavy atom. The van der Waals surface area contributed by atoms with Crippen LogP contribution in [0.15, 0.2) is 18.2 Å². The Morgan fingerprint density at radius 2 is 2.21 bits per heavy atom. The zero-order valence-corrected chi connectivity index (χ0v) is 11.2. The minimum atomic E-state index is -3.97. The minimum absolute atomic E-state index is 0.294. The number of rotatable bonds is 2. The van der Waals surface area contributed by atoms with Crippen LogP contribution >= 0.6 is 0 Å². The molecule has 7 nitrogen and oxygen atoms in total. The topological polar surface area (TPSA) is 102 Å². The molecule has 1 aliphatic heterocycles. The fourth-order valence-electron chi connectivity index (χ4n) is 2.07. The van der Waals surface area contributed by atoms with E-state index in [1.807, 2.05) is 4.72 Å². The van der Waals surface area contributed by atoms with Crippen molar-refractivity contribution in [3.8, 4) is 0 Å². The summed E-state index contributed by atoms with van der Waals surface area (Å²) < 4.78 is 31.5. The highest BCUT2D eigenvalue weighted by Gasteiger charge is 2.29. The van der Waals surface area contributed by atoms with Gasteiger partial charge in [0, 0.05) is 12.2 Å². The van der Waals surface area contributed by atoms with E-state index in [1.54, 1.807) is 18.2 Å². The number of methoxy groups -OCH3 is 1. The van der Waals surface area contributed by atoms with Crippen LogP contribution in [0.2, 0.25) is 0 Å². The number of nitrogens with one attached hydrogen (secondary N) is 1. The molecule has 0 aliphatic carbocycles. The van der Waals surface area contributed by atoms with Crippen LogP contribution in [0.1, 0.15) is 12.0 Å². The van der Waals surface area contributed by atoms with Gasteiger partial charge < -0.3 is 10.5 Å². The Labute approximate surface area is 111 Å². The molecule has 3 N–H and O–H groups in total. The van der Waals surface area contributed by atoms with Crippen LogP contribution in [0.5, 0.6) is 0 Å². The third-order valence-electron chi connectivity index (χ3n) is 2.93. The number of hydrogen-bond acceptors (Lipinski definition) is 5. The van der Waals surface area contributed by atoms with Gasteiger partial charge in [0.2, 0.25) is 0 Å². The molecule has 0 fully saturated rings. The van der Waals surface area contributed by atoms with Crippen LogP contribution in [0.4, 0.5) is 16.2 Å². The third kappa shape index (κ3) is 2.58. The van der Waals surface area contributed by atoms with E-state index in [9.17, 15) is 13.2 Å². The van der Waals surface area contributed by atoms with Gasteiger partial charge in [-0.1, -0.05) is 6.07 Å². The number of fused-ring (bicyclic) bond motifs is 1. The smallest absolute Gasteiger partial charge is 0.422 e. The molecular formula is C11H15N3O4S. The lowest BCUT2D eigenvalue weighted by Gasteiger charge is -2.30. The van der Waals surface area contributed by atoms with E-state index in [0.717, 1.165) is 17.0 Å². The van der Waals surface area contributed by atoms with Crippen LogP contribution in [0, 0.1) is 0 Å². The zero-order chi connectivity index (χ0) is 14.0. The molecule has 8 heteroatoms. The molecule has 1 aromatic rings. The molecule has 0 saturated heterocycles. The highest BCUT2D eigenvalue weighted by atomic mass is 32.2. The van der Waals surface area contributed by atoms with Gasteiger partial charge in [0.25, 0.3) is 0 Å². The van der Waals surface area contributed by atoms with Crippen LogP contribution in [0.3, 0.4) is 0 Å². The lowest BCUT2D eigenvalue weighted by molar-refractivity contribution is 0.177. The van der Waals surface area contributed by atoms with Gasteiger partial charge in [0.1, 0.15) is 0 Å². The summed E-state index contributed by atoms with van der Waals surface area (Å²) in [5, 5.41) is 0. The van der Waals surface area contributed by atoms with Crippen LogP contribution in [-0.4, -0.2) is 28.2 Å². The fourth-order valence-corrected chi connectivity index (χ4v) is 3.27. The van der Waals surface area contributed by atoms with Crippen molar-refractivity contribution in [1.29, 1.82) is 0 Å². The van der Waals surface area contributed by atoms with Crippen molar-refractivity contribution in [2.24, 2.45) is 0 Å². The SMILES string of the molecule is COC(=O)NS(=O)(=O)N1CCCc2c(N)cccc21. The van der Waals surface area contributed by atoms with E-state index in [0.29, 0.717) is 30.8 Å². The molecule has 1 amide bonds. The van der Waals surface area contributed by atoms with Gasteiger partial charge in [-0.05, 0) is 30.5 Å². The second-order valence-corrected chi connectivity index (χ2v) is 5.71. The average molecular weight is 285 g/mol. The van der Waals surface area contributed by atoms with Gasteiger partial charge in [-0.2, -0.15) is 8.42 Å². The summed E-state index contributed by atoms with van der Waals surface area (Å²) in [6.07, 6.45) is 0.339. The molecular weight excluding hydrogens is 270 g/mol. The summed E-state index contributed by atoms with van der Waals surface area (Å²) in [7, 11) is -2.87. The first-order valence-corrected chi connectivity index (χ1v) is 7.15. The summed E-state index contributed by atoms with van der Waals surface area (Å²) in [4.78, 5) is 11.1. The van der Waals surface area contributed by atoms with Gasteiger partial charge in [-0.25, -0.2) is 9.52 Å². The van der Waals surface area contributed by atoms with E-state index >= 15 is 0 Å². The van der Waals surface area contributed by atoms with Crippen LogP contribution in [0.25, 0.3) is 0 Å². The quantitative estimate of drug-likeness (QED) is 0.776. The number of anilines is 2. The Balaban J connectivity index is 2.39. The van der Waals surface area contributed by atoms with Gasteiger partial charge in [0.15, 0.2) is 0 Å². The normalized spacial score (nSPS) is 14.7. The van der Waals surface area contributed by atoms with Gasteiger partial charge in [-0.3, -0.25) is 4.31 Å². The largest absolute Gasteiger partial charge is 0.452 e. The minimum Gasteiger partial charge on any atom is -0.452 e. The summed E-state index contributed by atoms with van der Waals surface area (Å²) >= 11 is 0. The predicted molar refractivity (Wildman–Crippen MR) is 71.0 cm³/mol. The maximum absolute atomic E-state index is 12.1. The number of carbonyl (C=O) groups is 1. The average Bonchev–Trinajstić information content (AvgIpc) is 2.38. The summed E-state index contributed by atoms with van der Waals surface area (Å²) in [5.41, 5.74) is 7.68. The first-order chi connectivity index (χ1) is 8.95. The van der Waals surface area contributed by atoms with Crippen molar-refractivity contribution in [3.63, 3.8) is 0 Å². The monoisotopic (exact) mass is 285 g/mol. The molecule has 0 bridgehead atoms. The van der Waals surface area contributed by atoms with Crippen molar-refractivity contribution in [2.75, 3.05) is 23.7 Å². The molecule has 0 aromatic heterocycles. The third-order valence-corrected chi connectivity index (χ3v) is 4.32. The maximum Gasteiger partial charge on any atom is 0.422 e. The highest BCUT2D eigenvalue weighted by Crippen LogP contribution is 2.32. The number of nitrogen functional groups attached to an aromatic ring is 1. The molecule has 0 spiro atoms. The van der Waals surface area contributed by atoms with Gasteiger partial charge >= 0.3 is 16.3 Å². The molecule has 0 unspecified atom stereocenters. The first-order valence-electron chi connectivity index (χ1n) is 5.71. The standard InChI is InChI=1S/C11H15N3O4S/c1-18-11(15)13-19(16,17)14-7-3-4-8-9(12)5-2-6-10(8)14/h2,5-6H,3-4,7,12H2,1H3,(H,13,15). The Bertz CT molecular complexity index is 600. The number of carbonyl (C=O) groups excluding carboxylic acids is 1. The summed E-state index contributed by atoms with van der Waals surface area (Å²) in [6.45, 7) is 0.294. The van der Waals surface area contributed by atoms with E-state index in [4.69, 9.17) is 5.73 Å². The van der Waals surface area contributed by atoms with Gasteiger partial charge in [-0.15, -0.1) is 0 Å². The molecule has 1 heterocycles.